The van der Waals surface area contributed by atoms with Crippen molar-refractivity contribution in [3.8, 4) is 0 Å². The maximum absolute atomic E-state index is 10.1. The fraction of sp³-hybridized carbons (Fsp3) is 0.667. The van der Waals surface area contributed by atoms with Crippen molar-refractivity contribution in [3.63, 3.8) is 0 Å². The quantitative estimate of drug-likeness (QED) is 0.687. The maximum atomic E-state index is 10.1. The topological polar surface area (TPSA) is 35.5 Å². The maximum Gasteiger partial charge on any atom is 0.0802 e. The van der Waals surface area contributed by atoms with Gasteiger partial charge in [0, 0.05) is 0 Å². The highest BCUT2D eigenvalue weighted by Crippen LogP contribution is 2.16. The summed E-state index contributed by atoms with van der Waals surface area (Å²) in [6, 6.07) is 8.17. The van der Waals surface area contributed by atoms with Crippen LogP contribution in [0.2, 0.25) is 0 Å². The number of likely N-dealkylation sites (tertiary alicyclic amines) is 1. The van der Waals surface area contributed by atoms with Crippen LogP contribution in [-0.2, 0) is 0 Å². The fourth-order valence-corrected chi connectivity index (χ4v) is 2.91. The van der Waals surface area contributed by atoms with Gasteiger partial charge in [0.1, 0.15) is 0 Å². The van der Waals surface area contributed by atoms with Gasteiger partial charge < -0.3 is 15.3 Å². The summed E-state index contributed by atoms with van der Waals surface area (Å²) in [4.78, 5) is 2.57. The van der Waals surface area contributed by atoms with Crippen LogP contribution in [0.25, 0.3) is 0 Å². The summed E-state index contributed by atoms with van der Waals surface area (Å²) >= 11 is 0. The first-order chi connectivity index (χ1) is 10.3. The van der Waals surface area contributed by atoms with Gasteiger partial charge in [-0.05, 0) is 77.3 Å². The van der Waals surface area contributed by atoms with Crippen LogP contribution >= 0.6 is 0 Å². The smallest absolute Gasteiger partial charge is 0.0802 e. The molecule has 3 nitrogen and oxygen atoms in total. The van der Waals surface area contributed by atoms with Crippen molar-refractivity contribution < 1.29 is 5.11 Å². The lowest BCUT2D eigenvalue weighted by atomic mass is 10.1. The SMILES string of the molecule is Cc1ccc(C(O)CCNCCCCN2CCCC2)cc1. The molecule has 0 radical (unpaired) electrons. The first-order valence-corrected chi connectivity index (χ1v) is 8.43. The zero-order chi connectivity index (χ0) is 14.9. The first-order valence-electron chi connectivity index (χ1n) is 8.43. The van der Waals surface area contributed by atoms with Crippen LogP contribution in [0.3, 0.4) is 0 Å². The second kappa shape index (κ2) is 9.19. The summed E-state index contributed by atoms with van der Waals surface area (Å²) < 4.78 is 0. The molecule has 0 aromatic heterocycles. The third-order valence-corrected chi connectivity index (χ3v) is 4.33. The Morgan fingerprint density at radius 2 is 1.81 bits per heavy atom. The van der Waals surface area contributed by atoms with E-state index in [0.717, 1.165) is 25.1 Å². The van der Waals surface area contributed by atoms with E-state index in [1.54, 1.807) is 0 Å². The molecule has 0 aliphatic carbocycles. The van der Waals surface area contributed by atoms with E-state index in [1.165, 1.54) is 50.9 Å². The zero-order valence-electron chi connectivity index (χ0n) is 13.4. The highest BCUT2D eigenvalue weighted by molar-refractivity contribution is 5.22. The normalized spacial score (nSPS) is 17.2. The van der Waals surface area contributed by atoms with E-state index in [9.17, 15) is 5.11 Å². The predicted octanol–water partition coefficient (Wildman–Crippen LogP) is 2.88. The van der Waals surface area contributed by atoms with E-state index in [2.05, 4.69) is 29.3 Å². The van der Waals surface area contributed by atoms with Gasteiger partial charge in [0.2, 0.25) is 0 Å². The molecule has 3 heteroatoms. The summed E-state index contributed by atoms with van der Waals surface area (Å²) in [6.45, 7) is 7.88. The molecule has 1 aliphatic rings. The number of nitrogens with zero attached hydrogens (tertiary/aromatic N) is 1. The van der Waals surface area contributed by atoms with Gasteiger partial charge >= 0.3 is 0 Å². The summed E-state index contributed by atoms with van der Waals surface area (Å²) in [6.07, 6.45) is 5.73. The van der Waals surface area contributed by atoms with Crippen molar-refractivity contribution in [1.29, 1.82) is 0 Å². The Labute approximate surface area is 129 Å². The monoisotopic (exact) mass is 290 g/mol. The molecule has 1 atom stereocenters. The number of nitrogens with one attached hydrogen (secondary N) is 1. The van der Waals surface area contributed by atoms with Gasteiger partial charge in [-0.15, -0.1) is 0 Å². The molecule has 0 saturated carbocycles. The minimum atomic E-state index is -0.345. The molecule has 1 unspecified atom stereocenters. The largest absolute Gasteiger partial charge is 0.388 e. The molecule has 1 fully saturated rings. The summed E-state index contributed by atoms with van der Waals surface area (Å²) in [5.41, 5.74) is 2.26. The Morgan fingerprint density at radius 1 is 1.10 bits per heavy atom. The average molecular weight is 290 g/mol. The lowest BCUT2D eigenvalue weighted by Crippen LogP contribution is -2.23. The lowest BCUT2D eigenvalue weighted by molar-refractivity contribution is 0.167. The van der Waals surface area contributed by atoms with Gasteiger partial charge in [-0.3, -0.25) is 0 Å². The number of aliphatic hydroxyl groups excluding tert-OH is 1. The van der Waals surface area contributed by atoms with Crippen LogP contribution in [0, 0.1) is 6.92 Å². The van der Waals surface area contributed by atoms with E-state index in [-0.39, 0.29) is 6.10 Å². The van der Waals surface area contributed by atoms with E-state index in [4.69, 9.17) is 0 Å². The van der Waals surface area contributed by atoms with Gasteiger partial charge in [0.15, 0.2) is 0 Å². The minimum absolute atomic E-state index is 0.345. The third-order valence-electron chi connectivity index (χ3n) is 4.33. The number of hydrogen-bond donors (Lipinski definition) is 2. The van der Waals surface area contributed by atoms with Gasteiger partial charge in [0.25, 0.3) is 0 Å². The van der Waals surface area contributed by atoms with Crippen LogP contribution in [0.15, 0.2) is 24.3 Å². The first kappa shape index (κ1) is 16.5. The van der Waals surface area contributed by atoms with Gasteiger partial charge in [0.05, 0.1) is 6.10 Å². The molecule has 1 aliphatic heterocycles. The zero-order valence-corrected chi connectivity index (χ0v) is 13.4. The number of aryl methyl sites for hydroxylation is 1. The number of rotatable bonds is 9. The Kier molecular flexibility index (Phi) is 7.20. The Bertz CT molecular complexity index is 385. The lowest BCUT2D eigenvalue weighted by Gasteiger charge is -2.14. The predicted molar refractivity (Wildman–Crippen MR) is 88.5 cm³/mol. The van der Waals surface area contributed by atoms with Crippen LogP contribution in [0.1, 0.15) is 49.3 Å². The molecule has 1 heterocycles. The van der Waals surface area contributed by atoms with Crippen LogP contribution in [0.4, 0.5) is 0 Å². The van der Waals surface area contributed by atoms with Crippen LogP contribution < -0.4 is 5.32 Å². The van der Waals surface area contributed by atoms with E-state index >= 15 is 0 Å². The van der Waals surface area contributed by atoms with Crippen molar-refractivity contribution in [2.45, 2.75) is 45.1 Å². The second-order valence-electron chi connectivity index (χ2n) is 6.22. The van der Waals surface area contributed by atoms with E-state index in [0.29, 0.717) is 0 Å². The average Bonchev–Trinajstić information content (AvgIpc) is 3.00. The summed E-state index contributed by atoms with van der Waals surface area (Å²) in [7, 11) is 0. The van der Waals surface area contributed by atoms with Crippen molar-refractivity contribution in [1.82, 2.24) is 10.2 Å². The molecule has 2 rings (SSSR count). The van der Waals surface area contributed by atoms with Crippen LogP contribution in [0.5, 0.6) is 0 Å². The van der Waals surface area contributed by atoms with E-state index in [1.807, 2.05) is 12.1 Å². The molecule has 1 saturated heterocycles. The van der Waals surface area contributed by atoms with Crippen molar-refractivity contribution in [2.75, 3.05) is 32.7 Å². The Morgan fingerprint density at radius 3 is 2.52 bits per heavy atom. The van der Waals surface area contributed by atoms with Gasteiger partial charge in [-0.25, -0.2) is 0 Å². The molecule has 118 valence electrons. The standard InChI is InChI=1S/C18H30N2O/c1-16-6-8-17(9-7-16)18(21)10-12-19-11-2-3-13-20-14-4-5-15-20/h6-9,18-19,21H,2-5,10-15H2,1H3. The molecular formula is C18H30N2O. The Hall–Kier alpha value is -0.900. The van der Waals surface area contributed by atoms with Crippen molar-refractivity contribution in [3.05, 3.63) is 35.4 Å². The van der Waals surface area contributed by atoms with Crippen molar-refractivity contribution in [2.24, 2.45) is 0 Å². The second-order valence-corrected chi connectivity index (χ2v) is 6.22. The number of hydrogen-bond acceptors (Lipinski definition) is 3. The Balaban J connectivity index is 1.48. The molecule has 1 aromatic rings. The van der Waals surface area contributed by atoms with Gasteiger partial charge in [-0.2, -0.15) is 0 Å². The molecule has 0 spiro atoms. The highest BCUT2D eigenvalue weighted by atomic mass is 16.3. The third kappa shape index (κ3) is 6.16. The van der Waals surface area contributed by atoms with Gasteiger partial charge in [-0.1, -0.05) is 29.8 Å². The molecule has 2 N–H and O–H groups in total. The molecule has 1 aromatic carbocycles. The molecule has 0 bridgehead atoms. The molecule has 0 amide bonds. The van der Waals surface area contributed by atoms with Crippen LogP contribution in [-0.4, -0.2) is 42.7 Å². The molecular weight excluding hydrogens is 260 g/mol. The number of unbranched alkanes of at least 4 members (excludes halogenated alkanes) is 1. The van der Waals surface area contributed by atoms with Crippen molar-refractivity contribution >= 4 is 0 Å². The minimum Gasteiger partial charge on any atom is -0.388 e. The summed E-state index contributed by atoms with van der Waals surface area (Å²) in [5.74, 6) is 0. The van der Waals surface area contributed by atoms with E-state index < -0.39 is 0 Å². The summed E-state index contributed by atoms with van der Waals surface area (Å²) in [5, 5.41) is 13.6. The number of benzene rings is 1. The fourth-order valence-electron chi connectivity index (χ4n) is 2.91. The highest BCUT2D eigenvalue weighted by Gasteiger charge is 2.10. The number of aliphatic hydroxyl groups is 1. The molecule has 21 heavy (non-hydrogen) atoms.